The average molecular weight is 251 g/mol. The molecule has 1 N–H and O–H groups in total. The van der Waals surface area contributed by atoms with Crippen molar-refractivity contribution in [1.82, 2.24) is 15.1 Å². The molecule has 0 radical (unpaired) electrons. The maximum absolute atomic E-state index is 3.65. The van der Waals surface area contributed by atoms with Gasteiger partial charge >= 0.3 is 0 Å². The first-order valence-electron chi connectivity index (χ1n) is 8.07. The van der Waals surface area contributed by atoms with Crippen LogP contribution in [0, 0.1) is 0 Å². The van der Waals surface area contributed by atoms with Gasteiger partial charge in [0.2, 0.25) is 0 Å². The minimum Gasteiger partial charge on any atom is -0.314 e. The van der Waals surface area contributed by atoms with Gasteiger partial charge in [-0.2, -0.15) is 0 Å². The predicted molar refractivity (Wildman–Crippen MR) is 75.9 cm³/mol. The van der Waals surface area contributed by atoms with E-state index in [1.165, 1.54) is 90.8 Å². The summed E-state index contributed by atoms with van der Waals surface area (Å²) in [5.41, 5.74) is 0.524. The van der Waals surface area contributed by atoms with E-state index >= 15 is 0 Å². The lowest BCUT2D eigenvalue weighted by Gasteiger charge is -2.50. The van der Waals surface area contributed by atoms with Gasteiger partial charge in [-0.3, -0.25) is 4.90 Å². The average Bonchev–Trinajstić information content (AvgIpc) is 2.92. The molecule has 3 fully saturated rings. The summed E-state index contributed by atoms with van der Waals surface area (Å²) in [6, 6.07) is 0. The molecule has 0 aromatic heterocycles. The van der Waals surface area contributed by atoms with E-state index in [2.05, 4.69) is 15.1 Å². The molecular weight excluding hydrogens is 222 g/mol. The maximum atomic E-state index is 3.65. The molecule has 18 heavy (non-hydrogen) atoms. The summed E-state index contributed by atoms with van der Waals surface area (Å²) in [6.45, 7) is 9.02. The van der Waals surface area contributed by atoms with Crippen LogP contribution in [0.4, 0.5) is 0 Å². The lowest BCUT2D eigenvalue weighted by molar-refractivity contribution is 0.0219. The molecule has 1 spiro atoms. The molecule has 0 atom stereocenters. The van der Waals surface area contributed by atoms with Crippen LogP contribution in [0.3, 0.4) is 0 Å². The van der Waals surface area contributed by atoms with E-state index in [1.54, 1.807) is 0 Å². The fraction of sp³-hybridized carbons (Fsp3) is 1.00. The zero-order valence-corrected chi connectivity index (χ0v) is 11.8. The highest BCUT2D eigenvalue weighted by molar-refractivity contribution is 4.98. The molecule has 0 unspecified atom stereocenters. The standard InChI is InChI=1S/C15H29N3/c1-2-6-15(7-3-1)14-16-8-11-18(15)13-12-17-9-4-5-10-17/h16H,1-14H2. The third kappa shape index (κ3) is 2.73. The van der Waals surface area contributed by atoms with Gasteiger partial charge in [0, 0.05) is 38.3 Å². The molecule has 1 aliphatic carbocycles. The van der Waals surface area contributed by atoms with Crippen molar-refractivity contribution in [2.75, 3.05) is 45.8 Å². The van der Waals surface area contributed by atoms with Crippen LogP contribution >= 0.6 is 0 Å². The minimum absolute atomic E-state index is 0.524. The Labute approximate surface area is 112 Å². The Kier molecular flexibility index (Phi) is 4.22. The molecule has 2 heterocycles. The van der Waals surface area contributed by atoms with Crippen LogP contribution in [-0.2, 0) is 0 Å². The van der Waals surface area contributed by atoms with Gasteiger partial charge in [0.1, 0.15) is 0 Å². The molecule has 2 aliphatic heterocycles. The van der Waals surface area contributed by atoms with Crippen molar-refractivity contribution >= 4 is 0 Å². The summed E-state index contributed by atoms with van der Waals surface area (Å²) in [5.74, 6) is 0. The summed E-state index contributed by atoms with van der Waals surface area (Å²) in [6.07, 6.45) is 10.1. The summed E-state index contributed by atoms with van der Waals surface area (Å²) in [7, 11) is 0. The van der Waals surface area contributed by atoms with Crippen LogP contribution in [0.5, 0.6) is 0 Å². The van der Waals surface area contributed by atoms with Crippen LogP contribution in [-0.4, -0.2) is 61.2 Å². The predicted octanol–water partition coefficient (Wildman–Crippen LogP) is 1.69. The molecule has 1 saturated carbocycles. The first kappa shape index (κ1) is 12.9. The summed E-state index contributed by atoms with van der Waals surface area (Å²) in [5, 5.41) is 3.65. The van der Waals surface area contributed by atoms with Crippen LogP contribution in [0.1, 0.15) is 44.9 Å². The van der Waals surface area contributed by atoms with Gasteiger partial charge < -0.3 is 10.2 Å². The lowest BCUT2D eigenvalue weighted by atomic mass is 9.79. The number of hydrogen-bond acceptors (Lipinski definition) is 3. The number of nitrogens with zero attached hydrogens (tertiary/aromatic N) is 2. The van der Waals surface area contributed by atoms with Crippen molar-refractivity contribution in [3.05, 3.63) is 0 Å². The monoisotopic (exact) mass is 251 g/mol. The fourth-order valence-corrected chi connectivity index (χ4v) is 4.20. The zero-order chi connectivity index (χ0) is 12.3. The van der Waals surface area contributed by atoms with Gasteiger partial charge in [-0.25, -0.2) is 0 Å². The van der Waals surface area contributed by atoms with Crippen molar-refractivity contribution in [3.63, 3.8) is 0 Å². The Hall–Kier alpha value is -0.120. The number of piperazine rings is 1. The largest absolute Gasteiger partial charge is 0.314 e. The van der Waals surface area contributed by atoms with Gasteiger partial charge in [-0.05, 0) is 38.8 Å². The number of nitrogens with one attached hydrogen (secondary N) is 1. The molecular formula is C15H29N3. The van der Waals surface area contributed by atoms with E-state index in [-0.39, 0.29) is 0 Å². The summed E-state index contributed by atoms with van der Waals surface area (Å²) in [4.78, 5) is 5.50. The van der Waals surface area contributed by atoms with Crippen LogP contribution in [0.15, 0.2) is 0 Å². The highest BCUT2D eigenvalue weighted by atomic mass is 15.3. The molecule has 0 bridgehead atoms. The quantitative estimate of drug-likeness (QED) is 0.823. The molecule has 0 amide bonds. The molecule has 3 aliphatic rings. The first-order chi connectivity index (χ1) is 8.89. The van der Waals surface area contributed by atoms with E-state index < -0.39 is 0 Å². The molecule has 3 heteroatoms. The lowest BCUT2D eigenvalue weighted by Crippen LogP contribution is -2.62. The first-order valence-corrected chi connectivity index (χ1v) is 8.07. The Morgan fingerprint density at radius 2 is 1.61 bits per heavy atom. The highest BCUT2D eigenvalue weighted by Gasteiger charge is 2.39. The molecule has 3 rings (SSSR count). The summed E-state index contributed by atoms with van der Waals surface area (Å²) >= 11 is 0. The Morgan fingerprint density at radius 1 is 0.833 bits per heavy atom. The third-order valence-corrected chi connectivity index (χ3v) is 5.35. The second-order valence-corrected chi connectivity index (χ2v) is 6.50. The van der Waals surface area contributed by atoms with Crippen LogP contribution in [0.25, 0.3) is 0 Å². The van der Waals surface area contributed by atoms with Gasteiger partial charge in [0.25, 0.3) is 0 Å². The molecule has 2 saturated heterocycles. The smallest absolute Gasteiger partial charge is 0.0335 e. The van der Waals surface area contributed by atoms with Crippen molar-refractivity contribution < 1.29 is 0 Å². The third-order valence-electron chi connectivity index (χ3n) is 5.35. The van der Waals surface area contributed by atoms with Crippen LogP contribution in [0.2, 0.25) is 0 Å². The Morgan fingerprint density at radius 3 is 2.39 bits per heavy atom. The van der Waals surface area contributed by atoms with E-state index in [9.17, 15) is 0 Å². The molecule has 3 nitrogen and oxygen atoms in total. The van der Waals surface area contributed by atoms with Crippen molar-refractivity contribution in [2.24, 2.45) is 0 Å². The van der Waals surface area contributed by atoms with E-state index in [0.717, 1.165) is 0 Å². The van der Waals surface area contributed by atoms with E-state index in [4.69, 9.17) is 0 Å². The second-order valence-electron chi connectivity index (χ2n) is 6.50. The van der Waals surface area contributed by atoms with Gasteiger partial charge in [-0.15, -0.1) is 0 Å². The summed E-state index contributed by atoms with van der Waals surface area (Å²) < 4.78 is 0. The van der Waals surface area contributed by atoms with E-state index in [1.807, 2.05) is 0 Å². The van der Waals surface area contributed by atoms with Crippen molar-refractivity contribution in [1.29, 1.82) is 0 Å². The topological polar surface area (TPSA) is 18.5 Å². The van der Waals surface area contributed by atoms with Gasteiger partial charge in [-0.1, -0.05) is 19.3 Å². The van der Waals surface area contributed by atoms with Crippen LogP contribution < -0.4 is 5.32 Å². The molecule has 0 aromatic rings. The van der Waals surface area contributed by atoms with Gasteiger partial charge in [0.05, 0.1) is 0 Å². The van der Waals surface area contributed by atoms with Gasteiger partial charge in [0.15, 0.2) is 0 Å². The molecule has 104 valence electrons. The minimum atomic E-state index is 0.524. The van der Waals surface area contributed by atoms with Crippen molar-refractivity contribution in [2.45, 2.75) is 50.5 Å². The number of hydrogen-bond donors (Lipinski definition) is 1. The van der Waals surface area contributed by atoms with E-state index in [0.29, 0.717) is 5.54 Å². The Balaban J connectivity index is 1.56. The second kappa shape index (κ2) is 5.89. The number of likely N-dealkylation sites (tertiary alicyclic amines) is 1. The van der Waals surface area contributed by atoms with Crippen molar-refractivity contribution in [3.8, 4) is 0 Å². The zero-order valence-electron chi connectivity index (χ0n) is 11.8. The fourth-order valence-electron chi connectivity index (χ4n) is 4.20. The number of rotatable bonds is 3. The highest BCUT2D eigenvalue weighted by Crippen LogP contribution is 2.34. The molecule has 0 aromatic carbocycles. The maximum Gasteiger partial charge on any atom is 0.0335 e. The normalized spacial score (nSPS) is 30.0. The Bertz CT molecular complexity index is 246. The SMILES string of the molecule is C1CCC2(CC1)CNCCN2CCN1CCCC1.